The fourth-order valence-corrected chi connectivity index (χ4v) is 1.80. The summed E-state index contributed by atoms with van der Waals surface area (Å²) in [6, 6.07) is 1.44. The van der Waals surface area contributed by atoms with Gasteiger partial charge >= 0.3 is 0 Å². The number of carbonyl (C=O) groups excluding carboxylic acids is 1. The van der Waals surface area contributed by atoms with E-state index in [1.54, 1.807) is 7.05 Å². The Kier molecular flexibility index (Phi) is 4.88. The summed E-state index contributed by atoms with van der Waals surface area (Å²) >= 11 is 5.86. The number of primary sulfonamides is 1. The molecule has 0 radical (unpaired) electrons. The molecule has 0 aliphatic heterocycles. The highest BCUT2D eigenvalue weighted by molar-refractivity contribution is 7.89. The Morgan fingerprint density at radius 2 is 2.22 bits per heavy atom. The molecule has 0 aromatic carbocycles. The smallest absolute Gasteiger partial charge is 0.252 e. The van der Waals surface area contributed by atoms with E-state index < -0.39 is 15.9 Å². The van der Waals surface area contributed by atoms with Gasteiger partial charge in [-0.2, -0.15) is 0 Å². The molecule has 9 heteroatoms. The molecule has 1 amide bonds. The molecule has 1 heterocycles. The topological polar surface area (TPSA) is 114 Å². The summed E-state index contributed by atoms with van der Waals surface area (Å²) in [5, 5.41) is 10.3. The molecule has 0 fully saturated rings. The van der Waals surface area contributed by atoms with Gasteiger partial charge in [0, 0.05) is 19.8 Å². The molecule has 0 aliphatic carbocycles. The molecular formula is C9H13ClN4O3S. The number of rotatable bonds is 5. The zero-order valence-corrected chi connectivity index (χ0v) is 11.2. The third-order valence-corrected chi connectivity index (χ3v) is 3.07. The molecule has 7 nitrogen and oxygen atoms in total. The molecular weight excluding hydrogens is 280 g/mol. The fourth-order valence-electron chi connectivity index (χ4n) is 1.15. The number of pyridine rings is 1. The summed E-state index contributed by atoms with van der Waals surface area (Å²) in [6.45, 7) is -0.0664. The van der Waals surface area contributed by atoms with Crippen LogP contribution in [0, 0.1) is 0 Å². The summed E-state index contributed by atoms with van der Waals surface area (Å²) in [6.07, 6.45) is 1.34. The Morgan fingerprint density at radius 3 is 2.72 bits per heavy atom. The van der Waals surface area contributed by atoms with Crippen molar-refractivity contribution in [2.45, 2.75) is 0 Å². The van der Waals surface area contributed by atoms with Gasteiger partial charge in [0.25, 0.3) is 5.91 Å². The van der Waals surface area contributed by atoms with Gasteiger partial charge in [0.2, 0.25) is 10.0 Å². The van der Waals surface area contributed by atoms with Crippen LogP contribution in [-0.4, -0.2) is 38.7 Å². The van der Waals surface area contributed by atoms with Gasteiger partial charge in [-0.25, -0.2) is 18.5 Å². The number of amides is 1. The number of nitrogens with two attached hydrogens (primary N) is 1. The number of hydrogen-bond donors (Lipinski definition) is 3. The highest BCUT2D eigenvalue weighted by Crippen LogP contribution is 2.19. The number of aromatic nitrogens is 1. The van der Waals surface area contributed by atoms with E-state index in [-0.39, 0.29) is 17.9 Å². The molecule has 0 spiro atoms. The van der Waals surface area contributed by atoms with Gasteiger partial charge < -0.3 is 10.6 Å². The molecule has 0 unspecified atom stereocenters. The Labute approximate surface area is 110 Å². The third-order valence-electron chi connectivity index (χ3n) is 2.01. The van der Waals surface area contributed by atoms with E-state index in [9.17, 15) is 13.2 Å². The minimum Gasteiger partial charge on any atom is -0.372 e. The van der Waals surface area contributed by atoms with Crippen LogP contribution >= 0.6 is 11.6 Å². The number of hydrogen-bond acceptors (Lipinski definition) is 5. The van der Waals surface area contributed by atoms with Crippen molar-refractivity contribution in [3.63, 3.8) is 0 Å². The zero-order valence-electron chi connectivity index (χ0n) is 9.60. The van der Waals surface area contributed by atoms with Crippen LogP contribution in [0.1, 0.15) is 10.4 Å². The van der Waals surface area contributed by atoms with Crippen molar-refractivity contribution in [1.82, 2.24) is 10.3 Å². The van der Waals surface area contributed by atoms with E-state index in [1.807, 2.05) is 0 Å². The monoisotopic (exact) mass is 292 g/mol. The van der Waals surface area contributed by atoms with Gasteiger partial charge in [-0.3, -0.25) is 4.79 Å². The van der Waals surface area contributed by atoms with E-state index in [4.69, 9.17) is 16.7 Å². The number of nitrogens with zero attached hydrogens (tertiary/aromatic N) is 1. The maximum atomic E-state index is 11.6. The Balaban J connectivity index is 2.65. The number of nitrogens with one attached hydrogen (secondary N) is 2. The molecule has 1 aromatic rings. The molecule has 18 heavy (non-hydrogen) atoms. The first kappa shape index (κ1) is 14.7. The van der Waals surface area contributed by atoms with Crippen LogP contribution < -0.4 is 15.8 Å². The Bertz CT molecular complexity index is 547. The number of halogens is 1. The molecule has 100 valence electrons. The van der Waals surface area contributed by atoms with E-state index in [0.29, 0.717) is 10.8 Å². The van der Waals surface area contributed by atoms with Crippen LogP contribution in [0.2, 0.25) is 5.02 Å². The first-order valence-corrected chi connectivity index (χ1v) is 7.05. The minimum atomic E-state index is -3.59. The van der Waals surface area contributed by atoms with Gasteiger partial charge in [-0.05, 0) is 6.07 Å². The van der Waals surface area contributed by atoms with Gasteiger partial charge in [0.1, 0.15) is 5.82 Å². The zero-order chi connectivity index (χ0) is 13.8. The molecule has 1 aromatic heterocycles. The number of carbonyl (C=O) groups is 1. The quantitative estimate of drug-likeness (QED) is 0.695. The molecule has 1 rings (SSSR count). The predicted molar refractivity (Wildman–Crippen MR) is 69.1 cm³/mol. The number of sulfonamides is 1. The van der Waals surface area contributed by atoms with Gasteiger partial charge in [-0.1, -0.05) is 11.6 Å². The van der Waals surface area contributed by atoms with Gasteiger partial charge in [0.15, 0.2) is 0 Å². The van der Waals surface area contributed by atoms with Crippen molar-refractivity contribution in [3.8, 4) is 0 Å². The summed E-state index contributed by atoms with van der Waals surface area (Å²) in [5.74, 6) is -0.331. The minimum absolute atomic E-state index is 0.0664. The first-order valence-electron chi connectivity index (χ1n) is 4.95. The standard InChI is InChI=1S/C9H13ClN4O3S/c1-12-8-7(10)4-6(5-14-8)9(15)13-2-3-18(11,16)17/h4-5H,2-3H2,1H3,(H,12,14)(H,13,15)(H2,11,16,17). The second kappa shape index (κ2) is 5.98. The van der Waals surface area contributed by atoms with E-state index in [0.717, 1.165) is 0 Å². The van der Waals surface area contributed by atoms with Crippen molar-refractivity contribution < 1.29 is 13.2 Å². The number of anilines is 1. The van der Waals surface area contributed by atoms with Gasteiger partial charge in [-0.15, -0.1) is 0 Å². The predicted octanol–water partition coefficient (Wildman–Crippen LogP) is -0.205. The van der Waals surface area contributed by atoms with Crippen LogP contribution in [0.4, 0.5) is 5.82 Å². The van der Waals surface area contributed by atoms with Crippen molar-refractivity contribution in [3.05, 3.63) is 22.8 Å². The maximum absolute atomic E-state index is 11.6. The first-order chi connectivity index (χ1) is 8.33. The normalized spacial score (nSPS) is 11.1. The van der Waals surface area contributed by atoms with Crippen LogP contribution in [0.25, 0.3) is 0 Å². The average molecular weight is 293 g/mol. The van der Waals surface area contributed by atoms with Crippen molar-refractivity contribution >= 4 is 33.3 Å². The second-order valence-electron chi connectivity index (χ2n) is 3.43. The van der Waals surface area contributed by atoms with Crippen LogP contribution in [0.15, 0.2) is 12.3 Å². The molecule has 0 saturated carbocycles. The molecule has 0 aliphatic rings. The van der Waals surface area contributed by atoms with Crippen molar-refractivity contribution in [2.24, 2.45) is 5.14 Å². The Morgan fingerprint density at radius 1 is 1.56 bits per heavy atom. The SMILES string of the molecule is CNc1ncc(C(=O)NCCS(N)(=O)=O)cc1Cl. The highest BCUT2D eigenvalue weighted by Gasteiger charge is 2.10. The van der Waals surface area contributed by atoms with Crippen molar-refractivity contribution in [1.29, 1.82) is 0 Å². The largest absolute Gasteiger partial charge is 0.372 e. The maximum Gasteiger partial charge on any atom is 0.252 e. The van der Waals surface area contributed by atoms with Crippen molar-refractivity contribution in [2.75, 3.05) is 24.7 Å². The average Bonchev–Trinajstić information content (AvgIpc) is 2.27. The van der Waals surface area contributed by atoms with E-state index in [2.05, 4.69) is 15.6 Å². The lowest BCUT2D eigenvalue weighted by Gasteiger charge is -2.06. The Hall–Kier alpha value is -1.38. The van der Waals surface area contributed by atoms with Gasteiger partial charge in [0.05, 0.1) is 16.3 Å². The third kappa shape index (κ3) is 4.47. The lowest BCUT2D eigenvalue weighted by Crippen LogP contribution is -2.31. The fraction of sp³-hybridized carbons (Fsp3) is 0.333. The lowest BCUT2D eigenvalue weighted by atomic mass is 10.2. The van der Waals surface area contributed by atoms with Crippen LogP contribution in [0.3, 0.4) is 0 Å². The highest BCUT2D eigenvalue weighted by atomic mass is 35.5. The lowest BCUT2D eigenvalue weighted by molar-refractivity contribution is 0.0956. The molecule has 4 N–H and O–H groups in total. The van der Waals surface area contributed by atoms with E-state index in [1.165, 1.54) is 12.3 Å². The molecule has 0 atom stereocenters. The van der Waals surface area contributed by atoms with Crippen LogP contribution in [0.5, 0.6) is 0 Å². The summed E-state index contributed by atoms with van der Waals surface area (Å²) in [4.78, 5) is 15.5. The molecule has 0 saturated heterocycles. The summed E-state index contributed by atoms with van der Waals surface area (Å²) in [5.41, 5.74) is 0.244. The second-order valence-corrected chi connectivity index (χ2v) is 5.57. The summed E-state index contributed by atoms with van der Waals surface area (Å²) in [7, 11) is -1.93. The molecule has 0 bridgehead atoms. The van der Waals surface area contributed by atoms with Crippen LogP contribution in [-0.2, 0) is 10.0 Å². The van der Waals surface area contributed by atoms with E-state index >= 15 is 0 Å². The summed E-state index contributed by atoms with van der Waals surface area (Å²) < 4.78 is 21.3.